The van der Waals surface area contributed by atoms with Gasteiger partial charge in [0.25, 0.3) is 0 Å². The molecule has 0 spiro atoms. The van der Waals surface area contributed by atoms with Crippen LogP contribution in [0.25, 0.3) is 6.08 Å². The second-order valence-corrected chi connectivity index (χ2v) is 2.19. The topological polar surface area (TPSA) is 39.2 Å². The van der Waals surface area contributed by atoms with E-state index in [0.29, 0.717) is 11.4 Å². The van der Waals surface area contributed by atoms with E-state index in [9.17, 15) is 4.79 Å². The summed E-state index contributed by atoms with van der Waals surface area (Å²) >= 11 is 0. The number of hydrogen-bond acceptors (Lipinski definition) is 3. The Kier molecular flexibility index (Phi) is 2.58. The Balaban J connectivity index is 3.18. The standard InChI is InChI=1S/C9H9NO2/c1-3-8-4-7(6-11)5-10-9(8)12-2/h3-6H,1H2,2H3. The molecule has 12 heavy (non-hydrogen) atoms. The molecule has 3 nitrogen and oxygen atoms in total. The largest absolute Gasteiger partial charge is 0.481 e. The van der Waals surface area contributed by atoms with Crippen molar-refractivity contribution < 1.29 is 9.53 Å². The van der Waals surface area contributed by atoms with Gasteiger partial charge < -0.3 is 4.74 Å². The van der Waals surface area contributed by atoms with Crippen LogP contribution < -0.4 is 4.74 Å². The molecule has 0 aliphatic carbocycles. The maximum absolute atomic E-state index is 10.4. The lowest BCUT2D eigenvalue weighted by molar-refractivity contribution is 0.112. The quantitative estimate of drug-likeness (QED) is 0.634. The number of aldehydes is 1. The third-order valence-electron chi connectivity index (χ3n) is 1.45. The Morgan fingerprint density at radius 3 is 2.92 bits per heavy atom. The van der Waals surface area contributed by atoms with Crippen LogP contribution in [0.2, 0.25) is 0 Å². The van der Waals surface area contributed by atoms with Gasteiger partial charge in [-0.2, -0.15) is 0 Å². The van der Waals surface area contributed by atoms with Crippen molar-refractivity contribution in [3.8, 4) is 5.88 Å². The summed E-state index contributed by atoms with van der Waals surface area (Å²) in [6.07, 6.45) is 3.79. The van der Waals surface area contributed by atoms with E-state index in [1.165, 1.54) is 13.3 Å². The Morgan fingerprint density at radius 2 is 2.42 bits per heavy atom. The normalized spacial score (nSPS) is 9.08. The van der Waals surface area contributed by atoms with E-state index in [4.69, 9.17) is 4.74 Å². The summed E-state index contributed by atoms with van der Waals surface area (Å²) < 4.78 is 4.94. The SMILES string of the molecule is C=Cc1cc(C=O)cnc1OC. The van der Waals surface area contributed by atoms with Gasteiger partial charge in [-0.1, -0.05) is 12.7 Å². The number of ether oxygens (including phenoxy) is 1. The monoisotopic (exact) mass is 163 g/mol. The molecule has 1 aromatic heterocycles. The van der Waals surface area contributed by atoms with Crippen LogP contribution in [0.3, 0.4) is 0 Å². The molecule has 0 aliphatic heterocycles. The van der Waals surface area contributed by atoms with Crippen molar-refractivity contribution in [2.45, 2.75) is 0 Å². The molecule has 0 radical (unpaired) electrons. The van der Waals surface area contributed by atoms with Gasteiger partial charge in [-0.3, -0.25) is 4.79 Å². The van der Waals surface area contributed by atoms with Gasteiger partial charge in [-0.15, -0.1) is 0 Å². The van der Waals surface area contributed by atoms with Crippen LogP contribution in [-0.4, -0.2) is 18.4 Å². The van der Waals surface area contributed by atoms with Crippen molar-refractivity contribution in [1.82, 2.24) is 4.98 Å². The van der Waals surface area contributed by atoms with Gasteiger partial charge in [0.1, 0.15) is 0 Å². The van der Waals surface area contributed by atoms with E-state index in [-0.39, 0.29) is 0 Å². The zero-order chi connectivity index (χ0) is 8.97. The second-order valence-electron chi connectivity index (χ2n) is 2.19. The van der Waals surface area contributed by atoms with Gasteiger partial charge in [0.15, 0.2) is 6.29 Å². The van der Waals surface area contributed by atoms with Crippen molar-refractivity contribution >= 4 is 12.4 Å². The molecule has 0 fully saturated rings. The molecule has 3 heteroatoms. The van der Waals surface area contributed by atoms with Gasteiger partial charge in [0.2, 0.25) is 5.88 Å². The van der Waals surface area contributed by atoms with Crippen molar-refractivity contribution in [3.63, 3.8) is 0 Å². The molecule has 0 amide bonds. The van der Waals surface area contributed by atoms with Gasteiger partial charge in [-0.25, -0.2) is 4.98 Å². The summed E-state index contributed by atoms with van der Waals surface area (Å²) in [5, 5.41) is 0. The molecule has 0 bridgehead atoms. The van der Waals surface area contributed by atoms with Gasteiger partial charge in [0, 0.05) is 17.3 Å². The van der Waals surface area contributed by atoms with Gasteiger partial charge in [0.05, 0.1) is 7.11 Å². The first-order valence-electron chi connectivity index (χ1n) is 3.43. The predicted octanol–water partition coefficient (Wildman–Crippen LogP) is 1.55. The molecule has 1 rings (SSSR count). The highest BCUT2D eigenvalue weighted by Crippen LogP contribution is 2.16. The highest BCUT2D eigenvalue weighted by Gasteiger charge is 2.01. The van der Waals surface area contributed by atoms with Crippen molar-refractivity contribution in [2.75, 3.05) is 7.11 Å². The molecule has 0 N–H and O–H groups in total. The molecule has 0 saturated heterocycles. The summed E-state index contributed by atoms with van der Waals surface area (Å²) in [6.45, 7) is 3.58. The lowest BCUT2D eigenvalue weighted by Gasteiger charge is -2.02. The zero-order valence-corrected chi connectivity index (χ0v) is 6.78. The Morgan fingerprint density at radius 1 is 1.67 bits per heavy atom. The minimum atomic E-state index is 0.482. The van der Waals surface area contributed by atoms with E-state index in [1.807, 2.05) is 0 Å². The van der Waals surface area contributed by atoms with Crippen LogP contribution in [0.15, 0.2) is 18.8 Å². The first kappa shape index (κ1) is 8.46. The van der Waals surface area contributed by atoms with Crippen LogP contribution in [-0.2, 0) is 0 Å². The number of methoxy groups -OCH3 is 1. The molecule has 0 saturated carbocycles. The maximum atomic E-state index is 10.4. The molecule has 0 aromatic carbocycles. The molecule has 0 atom stereocenters. The average molecular weight is 163 g/mol. The highest BCUT2D eigenvalue weighted by atomic mass is 16.5. The first-order chi connectivity index (χ1) is 5.81. The second kappa shape index (κ2) is 3.67. The molecular weight excluding hydrogens is 154 g/mol. The highest BCUT2D eigenvalue weighted by molar-refractivity contribution is 5.76. The molecule has 62 valence electrons. The van der Waals surface area contributed by atoms with Crippen LogP contribution in [0, 0.1) is 0 Å². The minimum Gasteiger partial charge on any atom is -0.481 e. The fourth-order valence-corrected chi connectivity index (χ4v) is 0.868. The third-order valence-corrected chi connectivity index (χ3v) is 1.45. The van der Waals surface area contributed by atoms with Crippen molar-refractivity contribution in [2.24, 2.45) is 0 Å². The number of hydrogen-bond donors (Lipinski definition) is 0. The number of nitrogens with zero attached hydrogens (tertiary/aromatic N) is 1. The van der Waals surface area contributed by atoms with Crippen LogP contribution in [0.5, 0.6) is 5.88 Å². The number of rotatable bonds is 3. The number of carbonyl (C=O) groups excluding carboxylic acids is 1. The van der Waals surface area contributed by atoms with Crippen LogP contribution in [0.4, 0.5) is 0 Å². The third kappa shape index (κ3) is 1.50. The lowest BCUT2D eigenvalue weighted by atomic mass is 10.2. The number of pyridine rings is 1. The first-order valence-corrected chi connectivity index (χ1v) is 3.43. The van der Waals surface area contributed by atoms with E-state index >= 15 is 0 Å². The van der Waals surface area contributed by atoms with E-state index in [0.717, 1.165) is 11.8 Å². The number of aromatic nitrogens is 1. The smallest absolute Gasteiger partial charge is 0.220 e. The Bertz CT molecular complexity index is 307. The minimum absolute atomic E-state index is 0.482. The maximum Gasteiger partial charge on any atom is 0.220 e. The summed E-state index contributed by atoms with van der Waals surface area (Å²) in [5.74, 6) is 0.482. The lowest BCUT2D eigenvalue weighted by Crippen LogP contribution is -1.92. The summed E-state index contributed by atoms with van der Waals surface area (Å²) in [5.41, 5.74) is 1.24. The van der Waals surface area contributed by atoms with Crippen molar-refractivity contribution in [1.29, 1.82) is 0 Å². The molecule has 0 aliphatic rings. The summed E-state index contributed by atoms with van der Waals surface area (Å²) in [7, 11) is 1.52. The Hall–Kier alpha value is -1.64. The van der Waals surface area contributed by atoms with E-state index in [1.54, 1.807) is 12.1 Å². The van der Waals surface area contributed by atoms with Crippen LogP contribution in [0.1, 0.15) is 15.9 Å². The average Bonchev–Trinajstić information content (AvgIpc) is 2.16. The Labute approximate surface area is 70.7 Å². The fourth-order valence-electron chi connectivity index (χ4n) is 0.868. The van der Waals surface area contributed by atoms with Gasteiger partial charge >= 0.3 is 0 Å². The number of carbonyl (C=O) groups is 1. The summed E-state index contributed by atoms with van der Waals surface area (Å²) in [6, 6.07) is 1.67. The molecule has 0 unspecified atom stereocenters. The van der Waals surface area contributed by atoms with E-state index < -0.39 is 0 Å². The fraction of sp³-hybridized carbons (Fsp3) is 0.111. The summed E-state index contributed by atoms with van der Waals surface area (Å²) in [4.78, 5) is 14.3. The van der Waals surface area contributed by atoms with E-state index in [2.05, 4.69) is 11.6 Å². The predicted molar refractivity (Wildman–Crippen MR) is 46.3 cm³/mol. The molecule has 1 aromatic rings. The molecule has 1 heterocycles. The van der Waals surface area contributed by atoms with Gasteiger partial charge in [-0.05, 0) is 6.07 Å². The van der Waals surface area contributed by atoms with Crippen LogP contribution >= 0.6 is 0 Å². The zero-order valence-electron chi connectivity index (χ0n) is 6.78. The van der Waals surface area contributed by atoms with Crippen molar-refractivity contribution in [3.05, 3.63) is 30.0 Å². The molecular formula is C9H9NO2.